The number of benzene rings is 3. The van der Waals surface area contributed by atoms with E-state index in [2.05, 4.69) is 10.6 Å². The van der Waals surface area contributed by atoms with Crippen LogP contribution in [0.25, 0.3) is 0 Å². The zero-order valence-corrected chi connectivity index (χ0v) is 16.4. The smallest absolute Gasteiger partial charge is 0.308 e. The quantitative estimate of drug-likeness (QED) is 0.605. The van der Waals surface area contributed by atoms with Crippen molar-refractivity contribution < 1.29 is 9.59 Å². The molecule has 1 heterocycles. The lowest BCUT2D eigenvalue weighted by atomic mass is 9.99. The predicted octanol–water partition coefficient (Wildman–Crippen LogP) is 5.46. The first-order chi connectivity index (χ1) is 14.1. The molecule has 2 N–H and O–H groups in total. The van der Waals surface area contributed by atoms with Crippen LogP contribution in [0, 0.1) is 0 Å². The molecule has 0 spiro atoms. The third-order valence-corrected chi connectivity index (χ3v) is 5.17. The standard InChI is InChI=1S/C23H20ClN3O2/c24-19-8-4-5-9-20(19)26-23(29)25-18-11-12-21-17(14-18)10-13-22(28)27(21)15-16-6-2-1-3-7-16/h1-9,11-12,14H,10,13,15H2,(H2,25,26,29). The van der Waals surface area contributed by atoms with Crippen LogP contribution in [0.1, 0.15) is 17.5 Å². The molecule has 0 atom stereocenters. The molecule has 0 unspecified atom stereocenters. The maximum absolute atomic E-state index is 12.5. The minimum absolute atomic E-state index is 0.110. The van der Waals surface area contributed by atoms with Gasteiger partial charge in [-0.15, -0.1) is 0 Å². The highest BCUT2D eigenvalue weighted by Crippen LogP contribution is 2.31. The number of halogens is 1. The van der Waals surface area contributed by atoms with Gasteiger partial charge in [-0.1, -0.05) is 54.1 Å². The Morgan fingerprint density at radius 2 is 1.69 bits per heavy atom. The fraction of sp³-hybridized carbons (Fsp3) is 0.130. The average molecular weight is 406 g/mol. The largest absolute Gasteiger partial charge is 0.323 e. The highest BCUT2D eigenvalue weighted by molar-refractivity contribution is 6.33. The maximum atomic E-state index is 12.5. The van der Waals surface area contributed by atoms with Gasteiger partial charge in [0.1, 0.15) is 0 Å². The van der Waals surface area contributed by atoms with Crippen molar-refractivity contribution in [3.8, 4) is 0 Å². The average Bonchev–Trinajstić information content (AvgIpc) is 2.72. The first-order valence-electron chi connectivity index (χ1n) is 9.40. The zero-order chi connectivity index (χ0) is 20.2. The first kappa shape index (κ1) is 19.0. The number of nitrogens with zero attached hydrogens (tertiary/aromatic N) is 1. The normalized spacial score (nSPS) is 13.0. The Kier molecular flexibility index (Phi) is 5.49. The topological polar surface area (TPSA) is 61.4 Å². The molecule has 0 saturated heterocycles. The number of carbonyl (C=O) groups excluding carboxylic acids is 2. The number of anilines is 3. The van der Waals surface area contributed by atoms with Crippen molar-refractivity contribution in [3.05, 3.63) is 88.9 Å². The van der Waals surface area contributed by atoms with Gasteiger partial charge in [-0.3, -0.25) is 4.79 Å². The highest BCUT2D eigenvalue weighted by atomic mass is 35.5. The van der Waals surface area contributed by atoms with Crippen molar-refractivity contribution in [3.63, 3.8) is 0 Å². The molecule has 6 heteroatoms. The fourth-order valence-corrected chi connectivity index (χ4v) is 3.61. The van der Waals surface area contributed by atoms with Crippen LogP contribution in [-0.4, -0.2) is 11.9 Å². The van der Waals surface area contributed by atoms with Crippen LogP contribution in [0.4, 0.5) is 21.9 Å². The minimum atomic E-state index is -0.369. The summed E-state index contributed by atoms with van der Waals surface area (Å²) in [6, 6.07) is 22.2. The number of nitrogens with one attached hydrogen (secondary N) is 2. The van der Waals surface area contributed by atoms with Crippen molar-refractivity contribution in [2.24, 2.45) is 0 Å². The Morgan fingerprint density at radius 1 is 0.931 bits per heavy atom. The molecule has 4 rings (SSSR count). The number of carbonyl (C=O) groups is 2. The van der Waals surface area contributed by atoms with Crippen LogP contribution in [0.5, 0.6) is 0 Å². The van der Waals surface area contributed by atoms with Crippen molar-refractivity contribution in [1.29, 1.82) is 0 Å². The van der Waals surface area contributed by atoms with Crippen molar-refractivity contribution in [2.45, 2.75) is 19.4 Å². The van der Waals surface area contributed by atoms with E-state index in [4.69, 9.17) is 11.6 Å². The Morgan fingerprint density at radius 3 is 2.48 bits per heavy atom. The molecule has 3 amide bonds. The molecule has 3 aromatic rings. The molecule has 0 aromatic heterocycles. The van der Waals surface area contributed by atoms with Gasteiger partial charge in [0.15, 0.2) is 0 Å². The molecule has 146 valence electrons. The predicted molar refractivity (Wildman–Crippen MR) is 116 cm³/mol. The lowest BCUT2D eigenvalue weighted by Crippen LogP contribution is -2.34. The van der Waals surface area contributed by atoms with Gasteiger partial charge in [0.2, 0.25) is 5.91 Å². The Labute approximate surface area is 174 Å². The van der Waals surface area contributed by atoms with Crippen molar-refractivity contribution in [2.75, 3.05) is 15.5 Å². The van der Waals surface area contributed by atoms with Crippen LogP contribution in [-0.2, 0) is 17.8 Å². The molecule has 5 nitrogen and oxygen atoms in total. The molecule has 0 radical (unpaired) electrons. The molecule has 3 aromatic carbocycles. The molecular weight excluding hydrogens is 386 g/mol. The van der Waals surface area contributed by atoms with E-state index in [1.54, 1.807) is 24.3 Å². The van der Waals surface area contributed by atoms with Gasteiger partial charge >= 0.3 is 6.03 Å². The minimum Gasteiger partial charge on any atom is -0.308 e. The molecule has 1 aliphatic heterocycles. The molecule has 29 heavy (non-hydrogen) atoms. The van der Waals surface area contributed by atoms with E-state index in [0.717, 1.165) is 16.8 Å². The van der Waals surface area contributed by atoms with E-state index in [9.17, 15) is 9.59 Å². The lowest BCUT2D eigenvalue weighted by molar-refractivity contribution is -0.119. The number of hydrogen-bond donors (Lipinski definition) is 2. The van der Waals surface area contributed by atoms with Gasteiger partial charge in [-0.25, -0.2) is 4.79 Å². The van der Waals surface area contributed by atoms with Crippen molar-refractivity contribution >= 4 is 40.6 Å². The number of para-hydroxylation sites is 1. The third kappa shape index (κ3) is 4.41. The monoisotopic (exact) mass is 405 g/mol. The fourth-order valence-electron chi connectivity index (χ4n) is 3.42. The molecule has 0 bridgehead atoms. The number of urea groups is 1. The molecule has 0 fully saturated rings. The summed E-state index contributed by atoms with van der Waals surface area (Å²) in [6.45, 7) is 0.534. The zero-order valence-electron chi connectivity index (χ0n) is 15.7. The summed E-state index contributed by atoms with van der Waals surface area (Å²) < 4.78 is 0. The summed E-state index contributed by atoms with van der Waals surface area (Å²) in [6.07, 6.45) is 1.11. The molecule has 1 aliphatic rings. The summed E-state index contributed by atoms with van der Waals surface area (Å²) in [7, 11) is 0. The summed E-state index contributed by atoms with van der Waals surface area (Å²) >= 11 is 6.08. The van der Waals surface area contributed by atoms with Crippen LogP contribution < -0.4 is 15.5 Å². The number of hydrogen-bond acceptors (Lipinski definition) is 2. The van der Waals surface area contributed by atoms with Gasteiger partial charge in [0, 0.05) is 17.8 Å². The SMILES string of the molecule is O=C(Nc1ccc2c(c1)CCC(=O)N2Cc1ccccc1)Nc1ccccc1Cl. The second-order valence-corrected chi connectivity index (χ2v) is 7.28. The molecule has 0 saturated carbocycles. The van der Waals surface area contributed by atoms with E-state index >= 15 is 0 Å². The maximum Gasteiger partial charge on any atom is 0.323 e. The number of fused-ring (bicyclic) bond motifs is 1. The summed E-state index contributed by atoms with van der Waals surface area (Å²) in [4.78, 5) is 26.6. The lowest BCUT2D eigenvalue weighted by Gasteiger charge is -2.30. The van der Waals surface area contributed by atoms with E-state index in [1.807, 2.05) is 53.4 Å². The van der Waals surface area contributed by atoms with E-state index in [0.29, 0.717) is 35.8 Å². The van der Waals surface area contributed by atoms with E-state index in [1.165, 1.54) is 0 Å². The van der Waals surface area contributed by atoms with Crippen LogP contribution in [0.3, 0.4) is 0 Å². The Hall–Kier alpha value is -3.31. The number of aryl methyl sites for hydroxylation is 1. The molecular formula is C23H20ClN3O2. The first-order valence-corrected chi connectivity index (χ1v) is 9.78. The molecule has 0 aliphatic carbocycles. The van der Waals surface area contributed by atoms with Gasteiger partial charge in [0.05, 0.1) is 17.3 Å². The van der Waals surface area contributed by atoms with Crippen LogP contribution in [0.2, 0.25) is 5.02 Å². The van der Waals surface area contributed by atoms with Gasteiger partial charge < -0.3 is 15.5 Å². The van der Waals surface area contributed by atoms with Gasteiger partial charge in [0.25, 0.3) is 0 Å². The summed E-state index contributed by atoms with van der Waals surface area (Å²) in [5.74, 6) is 0.110. The van der Waals surface area contributed by atoms with Gasteiger partial charge in [-0.2, -0.15) is 0 Å². The van der Waals surface area contributed by atoms with Gasteiger partial charge in [-0.05, 0) is 47.9 Å². The highest BCUT2D eigenvalue weighted by Gasteiger charge is 2.24. The third-order valence-electron chi connectivity index (χ3n) is 4.84. The number of amides is 3. The van der Waals surface area contributed by atoms with E-state index < -0.39 is 0 Å². The van der Waals surface area contributed by atoms with Crippen LogP contribution in [0.15, 0.2) is 72.8 Å². The number of rotatable bonds is 4. The second-order valence-electron chi connectivity index (χ2n) is 6.87. The van der Waals surface area contributed by atoms with Crippen LogP contribution >= 0.6 is 11.6 Å². The Balaban J connectivity index is 1.50. The van der Waals surface area contributed by atoms with Crippen molar-refractivity contribution in [1.82, 2.24) is 0 Å². The second kappa shape index (κ2) is 8.37. The summed E-state index contributed by atoms with van der Waals surface area (Å²) in [5.41, 5.74) is 4.22. The Bertz CT molecular complexity index is 1050. The summed E-state index contributed by atoms with van der Waals surface area (Å²) in [5, 5.41) is 6.05. The van der Waals surface area contributed by atoms with E-state index in [-0.39, 0.29) is 11.9 Å².